The van der Waals surface area contributed by atoms with Crippen LogP contribution in [0, 0.1) is 20.8 Å². The average molecular weight is 408 g/mol. The molecule has 2 aromatic carbocycles. The molecule has 0 saturated heterocycles. The Balaban J connectivity index is 1.61. The van der Waals surface area contributed by atoms with Crippen molar-refractivity contribution in [1.82, 2.24) is 15.2 Å². The summed E-state index contributed by atoms with van der Waals surface area (Å²) >= 11 is 1.57. The predicted molar refractivity (Wildman–Crippen MR) is 120 cm³/mol. The van der Waals surface area contributed by atoms with Crippen LogP contribution in [0.3, 0.4) is 0 Å². The molecule has 3 rings (SSSR count). The van der Waals surface area contributed by atoms with Gasteiger partial charge in [0.25, 0.3) is 0 Å². The van der Waals surface area contributed by atoms with Crippen LogP contribution in [0.5, 0.6) is 5.75 Å². The van der Waals surface area contributed by atoms with Gasteiger partial charge in [0.15, 0.2) is 0 Å². The lowest BCUT2D eigenvalue weighted by Crippen LogP contribution is -1.94. The smallest absolute Gasteiger partial charge is 0.240 e. The Morgan fingerprint density at radius 3 is 2.72 bits per heavy atom. The quantitative estimate of drug-likeness (QED) is 0.214. The zero-order valence-corrected chi connectivity index (χ0v) is 17.7. The lowest BCUT2D eigenvalue weighted by atomic mass is 10.0. The van der Waals surface area contributed by atoms with Gasteiger partial charge in [0.05, 0.1) is 6.21 Å². The molecule has 0 radical (unpaired) electrons. The number of phenols is 1. The Morgan fingerprint density at radius 2 is 2.00 bits per heavy atom. The minimum Gasteiger partial charge on any atom is -0.507 e. The molecular formula is C22H25N5OS. The predicted octanol–water partition coefficient (Wildman–Crippen LogP) is 4.90. The molecule has 0 aliphatic carbocycles. The number of thioether (sulfide) groups is 1. The summed E-state index contributed by atoms with van der Waals surface area (Å²) in [6.45, 7) is 10.1. The van der Waals surface area contributed by atoms with Crippen LogP contribution in [0.1, 0.15) is 33.4 Å². The molecule has 6 nitrogen and oxygen atoms in total. The lowest BCUT2D eigenvalue weighted by molar-refractivity contribution is 0.469. The number of hydrogen-bond acceptors (Lipinski definition) is 6. The Kier molecular flexibility index (Phi) is 6.72. The fourth-order valence-electron chi connectivity index (χ4n) is 3.13. The number of H-pyrrole nitrogens is 1. The highest BCUT2D eigenvalue weighted by Crippen LogP contribution is 2.25. The standard InChI is InChI=1S/C22H25N5OS/c1-5-7-17-8-6-9-18(20(17)28)12-23-25-21-24-22(27-26-21)29-13-19-15(3)10-14(2)11-16(19)4/h5-6,8-12,28H,1,7,13H2,2-4H3,(H2,24,25,26,27)/b23-12+. The van der Waals surface area contributed by atoms with E-state index in [9.17, 15) is 5.11 Å². The molecule has 0 aliphatic rings. The van der Waals surface area contributed by atoms with Gasteiger partial charge in [-0.25, -0.2) is 10.5 Å². The lowest BCUT2D eigenvalue weighted by Gasteiger charge is -2.09. The van der Waals surface area contributed by atoms with Gasteiger partial charge in [0.1, 0.15) is 5.75 Å². The number of aromatic nitrogens is 3. The highest BCUT2D eigenvalue weighted by atomic mass is 32.2. The van der Waals surface area contributed by atoms with Crippen LogP contribution in [0.25, 0.3) is 0 Å². The summed E-state index contributed by atoms with van der Waals surface area (Å²) in [5.41, 5.74) is 9.40. The van der Waals surface area contributed by atoms with Crippen molar-refractivity contribution in [2.75, 3.05) is 5.43 Å². The first-order chi connectivity index (χ1) is 14.0. The van der Waals surface area contributed by atoms with Gasteiger partial charge in [-0.1, -0.05) is 47.7 Å². The maximum atomic E-state index is 10.3. The molecule has 0 bridgehead atoms. The molecule has 0 unspecified atom stereocenters. The van der Waals surface area contributed by atoms with Crippen molar-refractivity contribution in [3.63, 3.8) is 0 Å². The van der Waals surface area contributed by atoms with Crippen molar-refractivity contribution in [2.24, 2.45) is 5.10 Å². The molecule has 7 heteroatoms. The molecule has 0 spiro atoms. The molecule has 1 heterocycles. The van der Waals surface area contributed by atoms with Crippen molar-refractivity contribution < 1.29 is 5.11 Å². The Hall–Kier alpha value is -3.06. The molecule has 3 N–H and O–H groups in total. The third kappa shape index (κ3) is 5.26. The van der Waals surface area contributed by atoms with Gasteiger partial charge < -0.3 is 5.11 Å². The summed E-state index contributed by atoms with van der Waals surface area (Å²) in [6.07, 6.45) is 3.90. The summed E-state index contributed by atoms with van der Waals surface area (Å²) in [5, 5.41) is 22.1. The Morgan fingerprint density at radius 1 is 1.24 bits per heavy atom. The zero-order chi connectivity index (χ0) is 20.8. The second kappa shape index (κ2) is 9.43. The van der Waals surface area contributed by atoms with Crippen molar-refractivity contribution in [1.29, 1.82) is 0 Å². The number of hydrogen-bond donors (Lipinski definition) is 3. The zero-order valence-electron chi connectivity index (χ0n) is 16.9. The summed E-state index contributed by atoms with van der Waals surface area (Å²) < 4.78 is 0. The van der Waals surface area contributed by atoms with Crippen molar-refractivity contribution >= 4 is 23.9 Å². The van der Waals surface area contributed by atoms with Gasteiger partial charge in [-0.15, -0.1) is 11.7 Å². The number of aromatic amines is 1. The van der Waals surface area contributed by atoms with Crippen LogP contribution in [0.2, 0.25) is 0 Å². The summed E-state index contributed by atoms with van der Waals surface area (Å²) in [6, 6.07) is 9.92. The molecule has 29 heavy (non-hydrogen) atoms. The van der Waals surface area contributed by atoms with E-state index in [4.69, 9.17) is 0 Å². The van der Waals surface area contributed by atoms with Gasteiger partial charge in [-0.05, 0) is 55.5 Å². The number of anilines is 1. The first-order valence-corrected chi connectivity index (χ1v) is 10.3. The number of benzene rings is 2. The number of phenolic OH excluding ortho intramolecular Hbond substituents is 1. The van der Waals surface area contributed by atoms with E-state index in [-0.39, 0.29) is 5.75 Å². The second-order valence-electron chi connectivity index (χ2n) is 6.85. The van der Waals surface area contributed by atoms with Crippen LogP contribution < -0.4 is 5.43 Å². The van der Waals surface area contributed by atoms with E-state index >= 15 is 0 Å². The third-order valence-corrected chi connectivity index (χ3v) is 5.41. The Labute approximate surface area is 175 Å². The van der Waals surface area contributed by atoms with E-state index in [1.807, 2.05) is 12.1 Å². The van der Waals surface area contributed by atoms with E-state index in [2.05, 4.69) is 65.2 Å². The molecule has 3 aromatic rings. The van der Waals surface area contributed by atoms with Crippen LogP contribution in [-0.2, 0) is 12.2 Å². The maximum Gasteiger partial charge on any atom is 0.240 e. The van der Waals surface area contributed by atoms with Gasteiger partial charge >= 0.3 is 0 Å². The SMILES string of the molecule is C=CCc1cccc(/C=N/Nc2nc(SCc3c(C)cc(C)cc3C)n[nH]2)c1O. The van der Waals surface area contributed by atoms with E-state index < -0.39 is 0 Å². The highest BCUT2D eigenvalue weighted by Gasteiger charge is 2.08. The van der Waals surface area contributed by atoms with Gasteiger partial charge in [-0.3, -0.25) is 0 Å². The molecule has 1 aromatic heterocycles. The summed E-state index contributed by atoms with van der Waals surface area (Å²) in [5.74, 6) is 1.46. The van der Waals surface area contributed by atoms with Crippen LogP contribution >= 0.6 is 11.8 Å². The summed E-state index contributed by atoms with van der Waals surface area (Å²) in [4.78, 5) is 4.40. The number of aromatic hydroxyl groups is 1. The fourth-order valence-corrected chi connectivity index (χ4v) is 4.13. The Bertz CT molecular complexity index is 1020. The first-order valence-electron chi connectivity index (χ1n) is 9.30. The molecular weight excluding hydrogens is 382 g/mol. The number of aryl methyl sites for hydroxylation is 3. The van der Waals surface area contributed by atoms with Crippen LogP contribution in [-0.4, -0.2) is 26.5 Å². The molecule has 0 fully saturated rings. The number of para-hydroxylation sites is 1. The monoisotopic (exact) mass is 407 g/mol. The number of nitrogens with one attached hydrogen (secondary N) is 2. The third-order valence-electron chi connectivity index (χ3n) is 4.54. The normalized spacial score (nSPS) is 11.1. The number of nitrogens with zero attached hydrogens (tertiary/aromatic N) is 3. The topological polar surface area (TPSA) is 86.2 Å². The maximum absolute atomic E-state index is 10.3. The molecule has 150 valence electrons. The van der Waals surface area contributed by atoms with E-state index in [0.29, 0.717) is 23.1 Å². The van der Waals surface area contributed by atoms with Crippen molar-refractivity contribution in [3.8, 4) is 5.75 Å². The van der Waals surface area contributed by atoms with Gasteiger partial charge in [0, 0.05) is 11.3 Å². The molecule has 0 amide bonds. The average Bonchev–Trinajstić information content (AvgIpc) is 3.12. The number of hydrazone groups is 1. The molecule has 0 saturated carbocycles. The number of rotatable bonds is 8. The van der Waals surface area contributed by atoms with E-state index in [1.165, 1.54) is 22.3 Å². The van der Waals surface area contributed by atoms with Gasteiger partial charge in [-0.2, -0.15) is 10.1 Å². The largest absolute Gasteiger partial charge is 0.507 e. The second-order valence-corrected chi connectivity index (χ2v) is 7.79. The minimum atomic E-state index is 0.204. The summed E-state index contributed by atoms with van der Waals surface area (Å²) in [7, 11) is 0. The molecule has 0 atom stereocenters. The first kappa shape index (κ1) is 20.7. The highest BCUT2D eigenvalue weighted by molar-refractivity contribution is 7.98. The van der Waals surface area contributed by atoms with E-state index in [0.717, 1.165) is 11.3 Å². The fraction of sp³-hybridized carbons (Fsp3) is 0.227. The van der Waals surface area contributed by atoms with E-state index in [1.54, 1.807) is 30.1 Å². The van der Waals surface area contributed by atoms with Gasteiger partial charge in [0.2, 0.25) is 11.1 Å². The molecule has 0 aliphatic heterocycles. The van der Waals surface area contributed by atoms with Crippen LogP contribution in [0.15, 0.2) is 53.2 Å². The number of allylic oxidation sites excluding steroid dienone is 1. The van der Waals surface area contributed by atoms with Crippen LogP contribution in [0.4, 0.5) is 5.95 Å². The van der Waals surface area contributed by atoms with Crippen molar-refractivity contribution in [2.45, 2.75) is 38.1 Å². The minimum absolute atomic E-state index is 0.204. The van der Waals surface area contributed by atoms with Crippen molar-refractivity contribution in [3.05, 3.63) is 76.4 Å².